The van der Waals surface area contributed by atoms with Crippen LogP contribution in [0.15, 0.2) is 48.5 Å². The monoisotopic (exact) mass is 295 g/mol. The minimum atomic E-state index is -0.202. The number of hydrogen-bond donors (Lipinski definition) is 2. The summed E-state index contributed by atoms with van der Waals surface area (Å²) in [5.74, 6) is -0.344. The van der Waals surface area contributed by atoms with Crippen molar-refractivity contribution in [2.45, 2.75) is 6.42 Å². The van der Waals surface area contributed by atoms with Crippen molar-refractivity contribution in [3.63, 3.8) is 0 Å². The molecule has 0 spiro atoms. The standard InChI is InChI=1S/C17H17N3O2/c18-13-7-6-12-8-9-20(17(22)15(12)10-13)11-16(21)19-14-4-2-1-3-5-14/h1-7,10H,8-9,11,18H2,(H,19,21). The first kappa shape index (κ1) is 14.1. The van der Waals surface area contributed by atoms with Crippen LogP contribution in [0.2, 0.25) is 0 Å². The van der Waals surface area contributed by atoms with Crippen molar-refractivity contribution in [2.75, 3.05) is 24.1 Å². The molecule has 5 heteroatoms. The topological polar surface area (TPSA) is 75.4 Å². The summed E-state index contributed by atoms with van der Waals surface area (Å²) < 4.78 is 0. The van der Waals surface area contributed by atoms with Crippen LogP contribution in [-0.2, 0) is 11.2 Å². The van der Waals surface area contributed by atoms with Gasteiger partial charge in [0.05, 0.1) is 0 Å². The predicted molar refractivity (Wildman–Crippen MR) is 85.5 cm³/mol. The van der Waals surface area contributed by atoms with Crippen LogP contribution in [0.5, 0.6) is 0 Å². The maximum atomic E-state index is 12.4. The largest absolute Gasteiger partial charge is 0.399 e. The average Bonchev–Trinajstić information content (AvgIpc) is 2.51. The molecule has 0 saturated carbocycles. The molecule has 0 aliphatic carbocycles. The number of benzene rings is 2. The summed E-state index contributed by atoms with van der Waals surface area (Å²) in [6, 6.07) is 14.6. The first-order valence-electron chi connectivity index (χ1n) is 7.16. The van der Waals surface area contributed by atoms with Crippen LogP contribution >= 0.6 is 0 Å². The van der Waals surface area contributed by atoms with Gasteiger partial charge in [-0.15, -0.1) is 0 Å². The van der Waals surface area contributed by atoms with Gasteiger partial charge in [-0.05, 0) is 36.2 Å². The van der Waals surface area contributed by atoms with Crippen LogP contribution in [0, 0.1) is 0 Å². The summed E-state index contributed by atoms with van der Waals surface area (Å²) in [4.78, 5) is 26.1. The molecular formula is C17H17N3O2. The number of hydrogen-bond acceptors (Lipinski definition) is 3. The van der Waals surface area contributed by atoms with E-state index in [1.165, 1.54) is 0 Å². The zero-order chi connectivity index (χ0) is 15.5. The second-order valence-corrected chi connectivity index (χ2v) is 5.31. The van der Waals surface area contributed by atoms with Crippen molar-refractivity contribution in [3.05, 3.63) is 59.7 Å². The van der Waals surface area contributed by atoms with Crippen molar-refractivity contribution in [2.24, 2.45) is 0 Å². The van der Waals surface area contributed by atoms with Gasteiger partial charge < -0.3 is 16.0 Å². The number of para-hydroxylation sites is 1. The number of nitrogens with one attached hydrogen (secondary N) is 1. The molecule has 1 aliphatic heterocycles. The lowest BCUT2D eigenvalue weighted by atomic mass is 9.98. The van der Waals surface area contributed by atoms with Gasteiger partial charge in [0, 0.05) is 23.5 Å². The van der Waals surface area contributed by atoms with Crippen LogP contribution in [0.3, 0.4) is 0 Å². The number of rotatable bonds is 3. The van der Waals surface area contributed by atoms with E-state index in [0.717, 1.165) is 17.7 Å². The highest BCUT2D eigenvalue weighted by molar-refractivity contribution is 6.01. The van der Waals surface area contributed by atoms with E-state index in [2.05, 4.69) is 5.32 Å². The third-order valence-corrected chi connectivity index (χ3v) is 3.69. The lowest BCUT2D eigenvalue weighted by Gasteiger charge is -2.28. The summed E-state index contributed by atoms with van der Waals surface area (Å²) in [6.45, 7) is 0.583. The number of carbonyl (C=O) groups excluding carboxylic acids is 2. The molecule has 0 unspecified atom stereocenters. The molecule has 0 bridgehead atoms. The van der Waals surface area contributed by atoms with E-state index in [9.17, 15) is 9.59 Å². The summed E-state index contributed by atoms with van der Waals surface area (Å²) in [5.41, 5.74) is 8.61. The van der Waals surface area contributed by atoms with Gasteiger partial charge in [-0.1, -0.05) is 24.3 Å². The molecule has 0 aromatic heterocycles. The van der Waals surface area contributed by atoms with Crippen LogP contribution < -0.4 is 11.1 Å². The molecule has 2 amide bonds. The predicted octanol–water partition coefficient (Wildman–Crippen LogP) is 1.91. The number of carbonyl (C=O) groups is 2. The Hall–Kier alpha value is -2.82. The van der Waals surface area contributed by atoms with Crippen molar-refractivity contribution < 1.29 is 9.59 Å². The third-order valence-electron chi connectivity index (χ3n) is 3.69. The Balaban J connectivity index is 1.69. The highest BCUT2D eigenvalue weighted by Gasteiger charge is 2.25. The van der Waals surface area contributed by atoms with Gasteiger partial charge in [-0.25, -0.2) is 0 Å². The minimum absolute atomic E-state index is 0.0436. The fraction of sp³-hybridized carbons (Fsp3) is 0.176. The summed E-state index contributed by atoms with van der Waals surface area (Å²) in [7, 11) is 0. The number of amides is 2. The summed E-state index contributed by atoms with van der Waals surface area (Å²) in [5, 5.41) is 2.79. The van der Waals surface area contributed by atoms with Gasteiger partial charge in [0.2, 0.25) is 5.91 Å². The fourth-order valence-corrected chi connectivity index (χ4v) is 2.58. The maximum absolute atomic E-state index is 12.4. The van der Waals surface area contributed by atoms with E-state index in [1.807, 2.05) is 36.4 Å². The Morgan fingerprint density at radius 2 is 1.95 bits per heavy atom. The lowest BCUT2D eigenvalue weighted by Crippen LogP contribution is -2.42. The zero-order valence-electron chi connectivity index (χ0n) is 12.1. The molecule has 0 atom stereocenters. The minimum Gasteiger partial charge on any atom is -0.399 e. The molecule has 1 heterocycles. The Kier molecular flexibility index (Phi) is 3.78. The second kappa shape index (κ2) is 5.89. The smallest absolute Gasteiger partial charge is 0.254 e. The Morgan fingerprint density at radius 1 is 1.18 bits per heavy atom. The molecule has 2 aromatic carbocycles. The van der Waals surface area contributed by atoms with E-state index < -0.39 is 0 Å². The van der Waals surface area contributed by atoms with Gasteiger partial charge in [0.15, 0.2) is 0 Å². The van der Waals surface area contributed by atoms with Gasteiger partial charge in [-0.3, -0.25) is 9.59 Å². The quantitative estimate of drug-likeness (QED) is 0.849. The molecule has 1 aliphatic rings. The summed E-state index contributed by atoms with van der Waals surface area (Å²) >= 11 is 0. The van der Waals surface area contributed by atoms with Crippen LogP contribution in [0.4, 0.5) is 11.4 Å². The molecule has 3 rings (SSSR count). The van der Waals surface area contributed by atoms with Crippen LogP contribution in [-0.4, -0.2) is 29.8 Å². The van der Waals surface area contributed by atoms with Crippen molar-refractivity contribution in [1.82, 2.24) is 4.90 Å². The number of fused-ring (bicyclic) bond motifs is 1. The summed E-state index contributed by atoms with van der Waals surface area (Å²) in [6.07, 6.45) is 0.736. The Morgan fingerprint density at radius 3 is 2.73 bits per heavy atom. The lowest BCUT2D eigenvalue weighted by molar-refractivity contribution is -0.116. The Labute approximate surface area is 128 Å². The normalized spacial score (nSPS) is 13.6. The molecule has 0 radical (unpaired) electrons. The zero-order valence-corrected chi connectivity index (χ0v) is 12.1. The molecule has 5 nitrogen and oxygen atoms in total. The molecule has 22 heavy (non-hydrogen) atoms. The molecular weight excluding hydrogens is 278 g/mol. The average molecular weight is 295 g/mol. The molecule has 3 N–H and O–H groups in total. The van der Waals surface area contributed by atoms with E-state index in [1.54, 1.807) is 17.0 Å². The van der Waals surface area contributed by atoms with Gasteiger partial charge in [0.1, 0.15) is 6.54 Å². The molecule has 0 fully saturated rings. The van der Waals surface area contributed by atoms with Crippen molar-refractivity contribution in [1.29, 1.82) is 0 Å². The van der Waals surface area contributed by atoms with E-state index in [-0.39, 0.29) is 18.4 Å². The number of anilines is 2. The SMILES string of the molecule is Nc1ccc2c(c1)C(=O)N(CC(=O)Nc1ccccc1)CC2. The van der Waals surface area contributed by atoms with E-state index in [0.29, 0.717) is 17.8 Å². The maximum Gasteiger partial charge on any atom is 0.254 e. The number of nitrogen functional groups attached to an aromatic ring is 1. The van der Waals surface area contributed by atoms with Gasteiger partial charge >= 0.3 is 0 Å². The molecule has 2 aromatic rings. The number of nitrogens with two attached hydrogens (primary N) is 1. The number of nitrogens with zero attached hydrogens (tertiary/aromatic N) is 1. The highest BCUT2D eigenvalue weighted by Crippen LogP contribution is 2.21. The van der Waals surface area contributed by atoms with Crippen LogP contribution in [0.25, 0.3) is 0 Å². The fourth-order valence-electron chi connectivity index (χ4n) is 2.58. The third kappa shape index (κ3) is 2.93. The van der Waals surface area contributed by atoms with Crippen LogP contribution in [0.1, 0.15) is 15.9 Å². The van der Waals surface area contributed by atoms with E-state index >= 15 is 0 Å². The van der Waals surface area contributed by atoms with Gasteiger partial charge in [0.25, 0.3) is 5.91 Å². The van der Waals surface area contributed by atoms with E-state index in [4.69, 9.17) is 5.73 Å². The molecule has 0 saturated heterocycles. The Bertz CT molecular complexity index is 713. The second-order valence-electron chi connectivity index (χ2n) is 5.31. The van der Waals surface area contributed by atoms with Crippen molar-refractivity contribution in [3.8, 4) is 0 Å². The van der Waals surface area contributed by atoms with Crippen molar-refractivity contribution >= 4 is 23.2 Å². The highest BCUT2D eigenvalue weighted by atomic mass is 16.2. The first-order valence-corrected chi connectivity index (χ1v) is 7.16. The first-order chi connectivity index (χ1) is 10.6. The molecule has 112 valence electrons. The van der Waals surface area contributed by atoms with Gasteiger partial charge in [-0.2, -0.15) is 0 Å².